The second-order valence-electron chi connectivity index (χ2n) is 7.10. The number of thiazole rings is 1. The van der Waals surface area contributed by atoms with Crippen molar-refractivity contribution < 1.29 is 24.3 Å². The van der Waals surface area contributed by atoms with E-state index in [1.807, 2.05) is 0 Å². The molecule has 14 nitrogen and oxygen atoms in total. The Morgan fingerprint density at radius 1 is 1.39 bits per heavy atom. The number of anilines is 1. The molecule has 4 N–H and O–H groups in total. The van der Waals surface area contributed by atoms with Crippen LogP contribution in [0.15, 0.2) is 38.0 Å². The first-order chi connectivity index (χ1) is 16.7. The SMILES string of the molecule is CO/N=C(\C(=O)N[C@@H]1C(=O)N2C(C(=O)O)=C(CSc3nc(=O)cnn3C)CS[C@H]12)c1csc(N)n1.[NaH]. The molecule has 4 heterocycles. The summed E-state index contributed by atoms with van der Waals surface area (Å²) >= 11 is 3.56. The van der Waals surface area contributed by atoms with Crippen molar-refractivity contribution in [2.24, 2.45) is 12.2 Å². The number of nitrogens with one attached hydrogen (secondary N) is 1. The van der Waals surface area contributed by atoms with Gasteiger partial charge in [-0.2, -0.15) is 10.1 Å². The molecule has 2 aromatic heterocycles. The van der Waals surface area contributed by atoms with Crippen LogP contribution in [0.1, 0.15) is 5.69 Å². The third-order valence-corrected chi connectivity index (χ3v) is 8.02. The Hall–Kier alpha value is -2.44. The summed E-state index contributed by atoms with van der Waals surface area (Å²) in [6.07, 6.45) is 1.08. The second kappa shape index (κ2) is 11.7. The average molecular weight is 563 g/mol. The summed E-state index contributed by atoms with van der Waals surface area (Å²) in [5.74, 6) is -2.06. The normalized spacial score (nSPS) is 19.2. The quantitative estimate of drug-likeness (QED) is 0.110. The molecule has 0 saturated carbocycles. The van der Waals surface area contributed by atoms with Crippen LogP contribution in [-0.4, -0.2) is 113 Å². The van der Waals surface area contributed by atoms with Gasteiger partial charge in [0.25, 0.3) is 17.4 Å². The maximum absolute atomic E-state index is 12.9. The topological polar surface area (TPSA) is 195 Å². The van der Waals surface area contributed by atoms with E-state index in [0.29, 0.717) is 16.5 Å². The molecule has 4 rings (SSSR count). The van der Waals surface area contributed by atoms with Gasteiger partial charge in [0.2, 0.25) is 0 Å². The van der Waals surface area contributed by atoms with Gasteiger partial charge in [0, 0.05) is 23.9 Å². The van der Waals surface area contributed by atoms with Crippen LogP contribution in [0.25, 0.3) is 0 Å². The summed E-state index contributed by atoms with van der Waals surface area (Å²) in [6.45, 7) is 0. The molecule has 18 heteroatoms. The molecule has 0 aromatic carbocycles. The number of carboxylic acid groups (broad SMARTS) is 1. The first-order valence-corrected chi connectivity index (χ1v) is 12.7. The van der Waals surface area contributed by atoms with Crippen molar-refractivity contribution in [1.82, 2.24) is 30.0 Å². The molecule has 2 atom stereocenters. The number of oxime groups is 1. The molecular formula is C18H19N8NaO6S3. The van der Waals surface area contributed by atoms with E-state index in [9.17, 15) is 24.3 Å². The Balaban J connectivity index is 0.00000361. The first-order valence-electron chi connectivity index (χ1n) is 9.77. The van der Waals surface area contributed by atoms with E-state index in [0.717, 1.165) is 34.2 Å². The van der Waals surface area contributed by atoms with Gasteiger partial charge in [-0.05, 0) is 5.57 Å². The van der Waals surface area contributed by atoms with Crippen molar-refractivity contribution in [2.75, 3.05) is 24.3 Å². The maximum atomic E-state index is 12.9. The number of fused-ring (bicyclic) bond motifs is 1. The second-order valence-corrected chi connectivity index (χ2v) is 10.0. The third kappa shape index (κ3) is 5.60. The predicted molar refractivity (Wildman–Crippen MR) is 135 cm³/mol. The predicted octanol–water partition coefficient (Wildman–Crippen LogP) is -1.55. The van der Waals surface area contributed by atoms with Crippen LogP contribution < -0.4 is 16.6 Å². The van der Waals surface area contributed by atoms with Crippen molar-refractivity contribution in [3.8, 4) is 0 Å². The summed E-state index contributed by atoms with van der Waals surface area (Å²) in [7, 11) is 2.87. The zero-order chi connectivity index (χ0) is 25.3. The molecule has 186 valence electrons. The molecule has 0 spiro atoms. The number of carbonyl (C=O) groups excluding carboxylic acids is 2. The van der Waals surface area contributed by atoms with Crippen molar-refractivity contribution in [2.45, 2.75) is 16.6 Å². The Kier molecular flexibility index (Phi) is 9.18. The van der Waals surface area contributed by atoms with E-state index in [4.69, 9.17) is 10.6 Å². The average Bonchev–Trinajstić information content (AvgIpc) is 3.26. The van der Waals surface area contributed by atoms with Gasteiger partial charge >= 0.3 is 35.5 Å². The van der Waals surface area contributed by atoms with E-state index in [1.165, 1.54) is 28.9 Å². The Morgan fingerprint density at radius 3 is 2.78 bits per heavy atom. The molecule has 2 aliphatic heterocycles. The molecule has 36 heavy (non-hydrogen) atoms. The summed E-state index contributed by atoms with van der Waals surface area (Å²) in [4.78, 5) is 63.0. The van der Waals surface area contributed by atoms with Crippen LogP contribution in [0, 0.1) is 0 Å². The number of hydrogen-bond donors (Lipinski definition) is 3. The zero-order valence-corrected chi connectivity index (χ0v) is 20.6. The van der Waals surface area contributed by atoms with Gasteiger partial charge in [0.1, 0.15) is 36.1 Å². The van der Waals surface area contributed by atoms with Gasteiger partial charge < -0.3 is 21.0 Å². The van der Waals surface area contributed by atoms with Crippen LogP contribution in [-0.2, 0) is 26.3 Å². The number of nitrogen functional groups attached to an aromatic ring is 1. The fraction of sp³-hybridized carbons (Fsp3) is 0.333. The van der Waals surface area contributed by atoms with Crippen LogP contribution >= 0.6 is 34.9 Å². The van der Waals surface area contributed by atoms with Gasteiger partial charge in [0.05, 0.1) is 0 Å². The van der Waals surface area contributed by atoms with Gasteiger partial charge in [-0.3, -0.25) is 19.3 Å². The van der Waals surface area contributed by atoms with Gasteiger partial charge in [-0.1, -0.05) is 16.9 Å². The van der Waals surface area contributed by atoms with Gasteiger partial charge in [0.15, 0.2) is 16.0 Å². The Labute approximate surface area is 238 Å². The number of carbonyl (C=O) groups is 3. The van der Waals surface area contributed by atoms with Crippen molar-refractivity contribution in [1.29, 1.82) is 0 Å². The number of nitrogens with zero attached hydrogens (tertiary/aromatic N) is 6. The molecule has 2 amide bonds. The number of aliphatic carboxylic acids is 1. The number of carboxylic acids is 1. The fourth-order valence-electron chi connectivity index (χ4n) is 3.35. The fourth-order valence-corrected chi connectivity index (χ4v) is 6.31. The summed E-state index contributed by atoms with van der Waals surface area (Å²) in [5, 5.41) is 21.4. The van der Waals surface area contributed by atoms with Gasteiger partial charge in [-0.25, -0.2) is 14.5 Å². The summed E-state index contributed by atoms with van der Waals surface area (Å²) in [5.41, 5.74) is 5.48. The Bertz CT molecular complexity index is 1330. The molecule has 0 bridgehead atoms. The number of nitrogens with two attached hydrogens (primary N) is 1. The van der Waals surface area contributed by atoms with E-state index in [2.05, 4.69) is 25.5 Å². The number of rotatable bonds is 8. The van der Waals surface area contributed by atoms with Crippen LogP contribution in [0.4, 0.5) is 5.13 Å². The monoisotopic (exact) mass is 562 g/mol. The Morgan fingerprint density at radius 2 is 2.14 bits per heavy atom. The van der Waals surface area contributed by atoms with Crippen molar-refractivity contribution in [3.63, 3.8) is 0 Å². The third-order valence-electron chi connectivity index (χ3n) is 4.90. The number of aromatic nitrogens is 4. The van der Waals surface area contributed by atoms with E-state index in [1.54, 1.807) is 7.05 Å². The van der Waals surface area contributed by atoms with E-state index < -0.39 is 34.8 Å². The molecule has 0 radical (unpaired) electrons. The molecule has 1 saturated heterocycles. The summed E-state index contributed by atoms with van der Waals surface area (Å²) < 4.78 is 1.40. The van der Waals surface area contributed by atoms with Gasteiger partial charge in [-0.15, -0.1) is 23.1 Å². The molecule has 0 unspecified atom stereocenters. The zero-order valence-electron chi connectivity index (χ0n) is 18.2. The minimum atomic E-state index is -1.27. The van der Waals surface area contributed by atoms with Crippen molar-refractivity contribution in [3.05, 3.63) is 38.9 Å². The molecule has 0 aliphatic carbocycles. The number of β-lactam (4-membered cyclic amide) rings is 1. The summed E-state index contributed by atoms with van der Waals surface area (Å²) in [6, 6.07) is -0.963. The van der Waals surface area contributed by atoms with Crippen LogP contribution in [0.2, 0.25) is 0 Å². The molecule has 2 aliphatic rings. The minimum absolute atomic E-state index is 0. The number of aryl methyl sites for hydroxylation is 1. The molecule has 2 aromatic rings. The number of amides is 2. The van der Waals surface area contributed by atoms with Crippen LogP contribution in [0.5, 0.6) is 0 Å². The standard InChI is InChI=1S/C18H18N8O6S3.Na.H/c1-25-18(22-9(27)3-20-25)35-5-7-4-33-15-11(14(29)26(15)12(7)16(30)31)23-13(28)10(24-32-2)8-6-34-17(19)21-8;;/h3,6,11,15H,4-5H2,1-2H3,(H2,19,21)(H,23,28)(H,30,31);;/b24-10-;;/t11-,15-;;/m1../s1. The molecule has 1 fully saturated rings. The first kappa shape index (κ1) is 28.1. The van der Waals surface area contributed by atoms with E-state index >= 15 is 0 Å². The van der Waals surface area contributed by atoms with Crippen molar-refractivity contribution >= 4 is 93.0 Å². The number of thioether (sulfide) groups is 2. The number of hydrogen-bond acceptors (Lipinski definition) is 13. The molecular weight excluding hydrogens is 543 g/mol. The van der Waals surface area contributed by atoms with E-state index in [-0.39, 0.29) is 57.5 Å². The van der Waals surface area contributed by atoms with Crippen LogP contribution in [0.3, 0.4) is 0 Å².